The predicted octanol–water partition coefficient (Wildman–Crippen LogP) is 2.12. The smallest absolute Gasteiger partial charge is 0.175 e. The molecule has 13 heavy (non-hydrogen) atoms. The van der Waals surface area contributed by atoms with E-state index in [-0.39, 0.29) is 0 Å². The summed E-state index contributed by atoms with van der Waals surface area (Å²) in [5.41, 5.74) is 1.73. The van der Waals surface area contributed by atoms with E-state index in [4.69, 9.17) is 0 Å². The van der Waals surface area contributed by atoms with Gasteiger partial charge in [-0.1, -0.05) is 24.3 Å². The van der Waals surface area contributed by atoms with Crippen LogP contribution in [0.1, 0.15) is 12.5 Å². The van der Waals surface area contributed by atoms with Crippen LogP contribution >= 0.6 is 0 Å². The zero-order valence-electron chi connectivity index (χ0n) is 7.74. The molecule has 2 nitrogen and oxygen atoms in total. The van der Waals surface area contributed by atoms with Crippen LogP contribution in [0.5, 0.6) is 0 Å². The van der Waals surface area contributed by atoms with E-state index in [0.29, 0.717) is 4.90 Å². The molecule has 3 heteroatoms. The van der Waals surface area contributed by atoms with Gasteiger partial charge in [0.05, 0.1) is 4.90 Å². The Kier molecular flexibility index (Phi) is 2.57. The molecule has 0 spiro atoms. The molecule has 1 rings (SSSR count). The number of allylic oxidation sites excluding steroid dienone is 1. The Morgan fingerprint density at radius 2 is 2.00 bits per heavy atom. The van der Waals surface area contributed by atoms with E-state index in [1.165, 1.54) is 6.26 Å². The van der Waals surface area contributed by atoms with Gasteiger partial charge in [-0.15, -0.1) is 0 Å². The van der Waals surface area contributed by atoms with Gasteiger partial charge in [0.1, 0.15) is 0 Å². The van der Waals surface area contributed by atoms with Crippen LogP contribution in [0.4, 0.5) is 0 Å². The lowest BCUT2D eigenvalue weighted by atomic mass is 10.1. The first-order valence-corrected chi connectivity index (χ1v) is 5.76. The van der Waals surface area contributed by atoms with Crippen LogP contribution < -0.4 is 0 Å². The summed E-state index contributed by atoms with van der Waals surface area (Å²) in [4.78, 5) is 0.341. The Bertz CT molecular complexity index is 430. The van der Waals surface area contributed by atoms with Crippen molar-refractivity contribution in [2.45, 2.75) is 11.8 Å². The highest BCUT2D eigenvalue weighted by Gasteiger charge is 2.06. The maximum atomic E-state index is 11.2. The average Bonchev–Trinajstić information content (AvgIpc) is 2.03. The van der Waals surface area contributed by atoms with Gasteiger partial charge in [-0.3, -0.25) is 0 Å². The summed E-state index contributed by atoms with van der Waals surface area (Å²) < 4.78 is 22.4. The molecule has 1 aromatic rings. The molecular formula is C10H12O2S. The van der Waals surface area contributed by atoms with E-state index < -0.39 is 9.84 Å². The molecule has 0 bridgehead atoms. The van der Waals surface area contributed by atoms with Crippen LogP contribution in [0, 0.1) is 0 Å². The van der Waals surface area contributed by atoms with Crippen molar-refractivity contribution in [1.29, 1.82) is 0 Å². The first-order valence-electron chi connectivity index (χ1n) is 3.87. The molecule has 0 saturated heterocycles. The summed E-state index contributed by atoms with van der Waals surface area (Å²) in [6.45, 7) is 5.60. The van der Waals surface area contributed by atoms with Gasteiger partial charge in [0.15, 0.2) is 9.84 Å². The molecule has 0 fully saturated rings. The van der Waals surface area contributed by atoms with Crippen LogP contribution in [-0.4, -0.2) is 14.7 Å². The Labute approximate surface area is 78.8 Å². The third kappa shape index (κ3) is 2.42. The number of rotatable bonds is 2. The van der Waals surface area contributed by atoms with Gasteiger partial charge < -0.3 is 0 Å². The molecule has 0 amide bonds. The lowest BCUT2D eigenvalue weighted by Gasteiger charge is -2.02. The molecule has 0 aliphatic heterocycles. The molecule has 0 N–H and O–H groups in total. The second-order valence-corrected chi connectivity index (χ2v) is 5.10. The van der Waals surface area contributed by atoms with Gasteiger partial charge >= 0.3 is 0 Å². The van der Waals surface area contributed by atoms with Crippen LogP contribution in [0.25, 0.3) is 5.57 Å². The number of hydrogen-bond acceptors (Lipinski definition) is 2. The average molecular weight is 196 g/mol. The standard InChI is InChI=1S/C10H12O2S/c1-8(2)9-5-4-6-10(7-9)13(3,11)12/h4-7H,1H2,2-3H3. The molecule has 1 aromatic carbocycles. The minimum absolute atomic E-state index is 0.341. The summed E-state index contributed by atoms with van der Waals surface area (Å²) >= 11 is 0. The highest BCUT2D eigenvalue weighted by Crippen LogP contribution is 2.16. The van der Waals surface area contributed by atoms with Gasteiger partial charge in [0.2, 0.25) is 0 Å². The van der Waals surface area contributed by atoms with E-state index in [0.717, 1.165) is 11.1 Å². The van der Waals surface area contributed by atoms with Gasteiger partial charge in [-0.2, -0.15) is 0 Å². The van der Waals surface area contributed by atoms with E-state index in [1.54, 1.807) is 18.2 Å². The summed E-state index contributed by atoms with van der Waals surface area (Å²) in [6.07, 6.45) is 1.20. The van der Waals surface area contributed by atoms with E-state index in [1.807, 2.05) is 13.0 Å². The highest BCUT2D eigenvalue weighted by atomic mass is 32.2. The lowest BCUT2D eigenvalue weighted by molar-refractivity contribution is 0.602. The Morgan fingerprint density at radius 3 is 2.46 bits per heavy atom. The van der Waals surface area contributed by atoms with E-state index in [2.05, 4.69) is 6.58 Å². The van der Waals surface area contributed by atoms with Crippen LogP contribution in [-0.2, 0) is 9.84 Å². The van der Waals surface area contributed by atoms with Crippen molar-refractivity contribution in [3.8, 4) is 0 Å². The second kappa shape index (κ2) is 3.34. The minimum atomic E-state index is -3.10. The molecule has 0 aromatic heterocycles. The molecular weight excluding hydrogens is 184 g/mol. The Morgan fingerprint density at radius 1 is 1.38 bits per heavy atom. The molecule has 0 heterocycles. The molecule has 0 unspecified atom stereocenters. The predicted molar refractivity (Wildman–Crippen MR) is 54.3 cm³/mol. The second-order valence-electron chi connectivity index (χ2n) is 3.08. The lowest BCUT2D eigenvalue weighted by Crippen LogP contribution is -1.97. The molecule has 0 radical (unpaired) electrons. The zero-order chi connectivity index (χ0) is 10.1. The SMILES string of the molecule is C=C(C)c1cccc(S(C)(=O)=O)c1. The minimum Gasteiger partial charge on any atom is -0.224 e. The molecule has 0 atom stereocenters. The summed E-state index contributed by atoms with van der Waals surface area (Å²) in [7, 11) is -3.10. The largest absolute Gasteiger partial charge is 0.224 e. The van der Waals surface area contributed by atoms with Crippen LogP contribution in [0.3, 0.4) is 0 Å². The van der Waals surface area contributed by atoms with Crippen molar-refractivity contribution >= 4 is 15.4 Å². The topological polar surface area (TPSA) is 34.1 Å². The maximum Gasteiger partial charge on any atom is 0.175 e. The third-order valence-electron chi connectivity index (χ3n) is 1.75. The van der Waals surface area contributed by atoms with Crippen molar-refractivity contribution in [2.24, 2.45) is 0 Å². The first kappa shape index (κ1) is 9.99. The van der Waals surface area contributed by atoms with Crippen molar-refractivity contribution in [3.63, 3.8) is 0 Å². The zero-order valence-corrected chi connectivity index (χ0v) is 8.56. The summed E-state index contributed by atoms with van der Waals surface area (Å²) in [6, 6.07) is 6.79. The summed E-state index contributed by atoms with van der Waals surface area (Å²) in [5, 5.41) is 0. The third-order valence-corrected chi connectivity index (χ3v) is 2.87. The monoisotopic (exact) mass is 196 g/mol. The quantitative estimate of drug-likeness (QED) is 0.726. The highest BCUT2D eigenvalue weighted by molar-refractivity contribution is 7.90. The summed E-state index contributed by atoms with van der Waals surface area (Å²) in [5.74, 6) is 0. The first-order chi connectivity index (χ1) is 5.91. The number of sulfone groups is 1. The van der Waals surface area contributed by atoms with E-state index in [9.17, 15) is 8.42 Å². The maximum absolute atomic E-state index is 11.2. The van der Waals surface area contributed by atoms with Crippen molar-refractivity contribution in [1.82, 2.24) is 0 Å². The number of hydrogen-bond donors (Lipinski definition) is 0. The van der Waals surface area contributed by atoms with E-state index >= 15 is 0 Å². The fourth-order valence-electron chi connectivity index (χ4n) is 0.992. The number of benzene rings is 1. The Balaban J connectivity index is 3.29. The van der Waals surface area contributed by atoms with Crippen molar-refractivity contribution in [3.05, 3.63) is 36.4 Å². The van der Waals surface area contributed by atoms with Crippen molar-refractivity contribution < 1.29 is 8.42 Å². The van der Waals surface area contributed by atoms with Crippen LogP contribution in [0.2, 0.25) is 0 Å². The van der Waals surface area contributed by atoms with Gasteiger partial charge in [-0.05, 0) is 24.6 Å². The van der Waals surface area contributed by atoms with Gasteiger partial charge in [0.25, 0.3) is 0 Å². The van der Waals surface area contributed by atoms with Gasteiger partial charge in [-0.25, -0.2) is 8.42 Å². The van der Waals surface area contributed by atoms with Crippen LogP contribution in [0.15, 0.2) is 35.7 Å². The molecule has 0 aliphatic rings. The van der Waals surface area contributed by atoms with Gasteiger partial charge in [0, 0.05) is 6.26 Å². The normalized spacial score (nSPS) is 11.2. The Hall–Kier alpha value is -1.09. The molecule has 0 saturated carbocycles. The fraction of sp³-hybridized carbons (Fsp3) is 0.200. The molecule has 70 valence electrons. The van der Waals surface area contributed by atoms with Crippen molar-refractivity contribution in [2.75, 3.05) is 6.26 Å². The molecule has 0 aliphatic carbocycles. The fourth-order valence-corrected chi connectivity index (χ4v) is 1.66.